The number of esters is 3. The summed E-state index contributed by atoms with van der Waals surface area (Å²) in [6.07, 6.45) is 6.62. The predicted molar refractivity (Wildman–Crippen MR) is 161 cm³/mol. The van der Waals surface area contributed by atoms with E-state index < -0.39 is 29.0 Å². The summed E-state index contributed by atoms with van der Waals surface area (Å²) < 4.78 is 25.1. The monoisotopic (exact) mass is 604 g/mol. The number of rotatable bonds is 7. The molecule has 1 aliphatic heterocycles. The highest BCUT2D eigenvalue weighted by Crippen LogP contribution is 2.77. The fourth-order valence-corrected chi connectivity index (χ4v) is 11.5. The van der Waals surface area contributed by atoms with Crippen LogP contribution in [-0.2, 0) is 33.3 Å². The van der Waals surface area contributed by atoms with Gasteiger partial charge in [-0.05, 0) is 101 Å². The molecule has 0 amide bonds. The van der Waals surface area contributed by atoms with Gasteiger partial charge in [-0.2, -0.15) is 0 Å². The van der Waals surface area contributed by atoms with Gasteiger partial charge in [0.15, 0.2) is 0 Å². The molecule has 43 heavy (non-hydrogen) atoms. The van der Waals surface area contributed by atoms with Gasteiger partial charge >= 0.3 is 17.9 Å². The molecule has 0 bridgehead atoms. The molecule has 4 saturated carbocycles. The molecule has 244 valence electrons. The van der Waals surface area contributed by atoms with Crippen LogP contribution in [0.4, 0.5) is 0 Å². The van der Waals surface area contributed by atoms with Crippen LogP contribution in [0, 0.1) is 46.3 Å². The summed E-state index contributed by atoms with van der Waals surface area (Å²) in [6, 6.07) is 0. The molecule has 0 aromatic rings. The molecule has 8 nitrogen and oxygen atoms in total. The summed E-state index contributed by atoms with van der Waals surface area (Å²) in [5.41, 5.74) is -2.52. The highest BCUT2D eigenvalue weighted by atomic mass is 16.7. The number of fused-ring (bicyclic) bond motifs is 6. The first-order chi connectivity index (χ1) is 19.8. The molecule has 4 aliphatic carbocycles. The van der Waals surface area contributed by atoms with Crippen molar-refractivity contribution in [2.24, 2.45) is 46.3 Å². The molecule has 5 rings (SSSR count). The minimum Gasteiger partial charge on any atom is -0.460 e. The van der Waals surface area contributed by atoms with Crippen LogP contribution in [0.1, 0.15) is 121 Å². The highest BCUT2D eigenvalue weighted by molar-refractivity contribution is 5.67. The molecule has 5 fully saturated rings. The van der Waals surface area contributed by atoms with Crippen molar-refractivity contribution < 1.29 is 38.4 Å². The quantitative estimate of drug-likeness (QED) is 0.214. The van der Waals surface area contributed by atoms with E-state index in [0.717, 1.165) is 51.4 Å². The van der Waals surface area contributed by atoms with Crippen LogP contribution in [-0.4, -0.2) is 58.1 Å². The molecule has 5 aliphatic rings. The van der Waals surface area contributed by atoms with E-state index >= 15 is 0 Å². The number of carbonyl (C=O) groups excluding carboxylic acids is 3. The van der Waals surface area contributed by atoms with E-state index in [2.05, 4.69) is 13.8 Å². The van der Waals surface area contributed by atoms with E-state index in [9.17, 15) is 19.5 Å². The molecule has 1 heterocycles. The van der Waals surface area contributed by atoms with Crippen LogP contribution in [0.15, 0.2) is 0 Å². The number of aliphatic hydroxyl groups is 1. The molecule has 0 aromatic heterocycles. The molecule has 1 saturated heterocycles. The standard InChI is InChI=1S/C35H56O8/c1-19(20(2)31(6,7)42-23(5)38)30(41-22(4)37)34(10)35(43-34)29(40-21(3)36)18-28-26-12-11-24-17-25(39)13-15-32(24,8)27(26)14-16-33(28,35)9/h19-20,24-30,39H,11-18H2,1-10H3. The Morgan fingerprint density at radius 2 is 1.56 bits per heavy atom. The maximum atomic E-state index is 12.6. The molecule has 0 radical (unpaired) electrons. The number of hydrogen-bond acceptors (Lipinski definition) is 8. The van der Waals surface area contributed by atoms with Crippen LogP contribution in [0.5, 0.6) is 0 Å². The van der Waals surface area contributed by atoms with Crippen LogP contribution in [0.25, 0.3) is 0 Å². The van der Waals surface area contributed by atoms with Crippen molar-refractivity contribution in [3.63, 3.8) is 0 Å². The first kappa shape index (κ1) is 32.7. The zero-order valence-corrected chi connectivity index (χ0v) is 28.2. The Bertz CT molecular complexity index is 1130. The Kier molecular flexibility index (Phi) is 8.15. The molecule has 1 N–H and O–H groups in total. The summed E-state index contributed by atoms with van der Waals surface area (Å²) in [5, 5.41) is 10.5. The number of carbonyl (C=O) groups is 3. The molecule has 1 spiro atoms. The molecule has 13 unspecified atom stereocenters. The highest BCUT2D eigenvalue weighted by Gasteiger charge is 2.87. The predicted octanol–water partition coefficient (Wildman–Crippen LogP) is 6.00. The van der Waals surface area contributed by atoms with Gasteiger partial charge in [-0.3, -0.25) is 14.4 Å². The summed E-state index contributed by atoms with van der Waals surface area (Å²) in [7, 11) is 0. The van der Waals surface area contributed by atoms with Crippen LogP contribution < -0.4 is 0 Å². The van der Waals surface area contributed by atoms with Gasteiger partial charge in [-0.25, -0.2) is 0 Å². The Morgan fingerprint density at radius 1 is 0.884 bits per heavy atom. The minimum atomic E-state index is -0.884. The van der Waals surface area contributed by atoms with E-state index in [1.807, 2.05) is 34.6 Å². The van der Waals surface area contributed by atoms with Crippen molar-refractivity contribution in [2.45, 2.75) is 156 Å². The number of epoxide rings is 1. The van der Waals surface area contributed by atoms with Gasteiger partial charge in [-0.15, -0.1) is 0 Å². The third-order valence-corrected chi connectivity index (χ3v) is 13.8. The lowest BCUT2D eigenvalue weighted by Gasteiger charge is -2.60. The van der Waals surface area contributed by atoms with Gasteiger partial charge in [0.2, 0.25) is 0 Å². The summed E-state index contributed by atoms with van der Waals surface area (Å²) in [5.74, 6) is 0.484. The number of aliphatic hydroxyl groups excluding tert-OH is 1. The van der Waals surface area contributed by atoms with Gasteiger partial charge in [0, 0.05) is 38.0 Å². The first-order valence-corrected chi connectivity index (χ1v) is 16.8. The summed E-state index contributed by atoms with van der Waals surface area (Å²) in [4.78, 5) is 37.1. The van der Waals surface area contributed by atoms with Crippen LogP contribution >= 0.6 is 0 Å². The van der Waals surface area contributed by atoms with E-state index in [1.54, 1.807) is 0 Å². The lowest BCUT2D eigenvalue weighted by atomic mass is 9.44. The second kappa shape index (κ2) is 10.7. The molecular weight excluding hydrogens is 548 g/mol. The van der Waals surface area contributed by atoms with Gasteiger partial charge in [0.25, 0.3) is 0 Å². The van der Waals surface area contributed by atoms with Gasteiger partial charge in [0.1, 0.15) is 29.0 Å². The molecular formula is C35H56O8. The van der Waals surface area contributed by atoms with Crippen molar-refractivity contribution >= 4 is 17.9 Å². The van der Waals surface area contributed by atoms with E-state index in [0.29, 0.717) is 23.7 Å². The third-order valence-electron chi connectivity index (χ3n) is 13.8. The topological polar surface area (TPSA) is 112 Å². The van der Waals surface area contributed by atoms with Crippen molar-refractivity contribution in [3.8, 4) is 0 Å². The van der Waals surface area contributed by atoms with E-state index in [1.165, 1.54) is 20.8 Å². The summed E-state index contributed by atoms with van der Waals surface area (Å²) >= 11 is 0. The van der Waals surface area contributed by atoms with Gasteiger partial charge < -0.3 is 24.1 Å². The van der Waals surface area contributed by atoms with Gasteiger partial charge in [-0.1, -0.05) is 27.7 Å². The zero-order chi connectivity index (χ0) is 31.9. The fourth-order valence-electron chi connectivity index (χ4n) is 11.5. The maximum Gasteiger partial charge on any atom is 0.303 e. The number of hydrogen-bond donors (Lipinski definition) is 1. The van der Waals surface area contributed by atoms with Crippen LogP contribution in [0.3, 0.4) is 0 Å². The van der Waals surface area contributed by atoms with E-state index in [-0.39, 0.29) is 46.7 Å². The Hall–Kier alpha value is -1.67. The lowest BCUT2D eigenvalue weighted by Crippen LogP contribution is -2.58. The number of ether oxygens (including phenoxy) is 4. The zero-order valence-electron chi connectivity index (χ0n) is 28.2. The largest absolute Gasteiger partial charge is 0.460 e. The normalized spacial score (nSPS) is 45.6. The Morgan fingerprint density at radius 3 is 2.16 bits per heavy atom. The smallest absolute Gasteiger partial charge is 0.303 e. The first-order valence-electron chi connectivity index (χ1n) is 16.8. The van der Waals surface area contributed by atoms with Crippen molar-refractivity contribution in [3.05, 3.63) is 0 Å². The molecule has 8 heteroatoms. The fraction of sp³-hybridized carbons (Fsp3) is 0.914. The Labute approximate surface area is 258 Å². The summed E-state index contributed by atoms with van der Waals surface area (Å²) in [6.45, 7) is 19.0. The van der Waals surface area contributed by atoms with Crippen molar-refractivity contribution in [1.82, 2.24) is 0 Å². The molecule has 0 aromatic carbocycles. The SMILES string of the molecule is CC(=O)OC(C(C)C(C)C(C)(C)OC(C)=O)C1(C)OC12C(OC(C)=O)CC1C3CCC4CC(O)CCC4(C)C3CCC12C. The lowest BCUT2D eigenvalue weighted by molar-refractivity contribution is -0.169. The Balaban J connectivity index is 1.51. The van der Waals surface area contributed by atoms with Crippen molar-refractivity contribution in [1.29, 1.82) is 0 Å². The minimum absolute atomic E-state index is 0.163. The average Bonchev–Trinajstić information content (AvgIpc) is 3.47. The maximum absolute atomic E-state index is 12.6. The molecule has 13 atom stereocenters. The van der Waals surface area contributed by atoms with E-state index in [4.69, 9.17) is 18.9 Å². The second-order valence-corrected chi connectivity index (χ2v) is 16.2. The van der Waals surface area contributed by atoms with Crippen LogP contribution in [0.2, 0.25) is 0 Å². The van der Waals surface area contributed by atoms with Crippen molar-refractivity contribution in [2.75, 3.05) is 0 Å². The second-order valence-electron chi connectivity index (χ2n) is 16.2. The third kappa shape index (κ3) is 4.87. The van der Waals surface area contributed by atoms with Gasteiger partial charge in [0.05, 0.1) is 6.10 Å². The average molecular weight is 605 g/mol.